The van der Waals surface area contributed by atoms with E-state index in [2.05, 4.69) is 0 Å². The van der Waals surface area contributed by atoms with Crippen molar-refractivity contribution in [1.29, 1.82) is 0 Å². The minimum atomic E-state index is -0.946. The molecular weight excluding hydrogens is 329 g/mol. The topological polar surface area (TPSA) is 57.6 Å². The second kappa shape index (κ2) is 7.13. The minimum Gasteiger partial charge on any atom is -0.481 e. The number of hydrogen-bond acceptors (Lipinski definition) is 3. The molecule has 0 radical (unpaired) electrons. The molecule has 24 heavy (non-hydrogen) atoms. The van der Waals surface area contributed by atoms with Crippen LogP contribution >= 0.6 is 11.3 Å². The summed E-state index contributed by atoms with van der Waals surface area (Å²) in [5.41, 5.74) is 0.543. The molecule has 1 saturated heterocycles. The van der Waals surface area contributed by atoms with Gasteiger partial charge in [0.1, 0.15) is 5.82 Å². The summed E-state index contributed by atoms with van der Waals surface area (Å²) in [4.78, 5) is 26.9. The van der Waals surface area contributed by atoms with Gasteiger partial charge in [-0.2, -0.15) is 0 Å². The maximum Gasteiger partial charge on any atom is 0.308 e. The van der Waals surface area contributed by atoms with Crippen LogP contribution in [0.1, 0.15) is 29.3 Å². The van der Waals surface area contributed by atoms with Crippen molar-refractivity contribution in [3.63, 3.8) is 0 Å². The fourth-order valence-corrected chi connectivity index (χ4v) is 3.96. The van der Waals surface area contributed by atoms with Gasteiger partial charge in [-0.05, 0) is 42.0 Å². The van der Waals surface area contributed by atoms with Crippen molar-refractivity contribution in [3.8, 4) is 0 Å². The zero-order chi connectivity index (χ0) is 17.1. The summed E-state index contributed by atoms with van der Waals surface area (Å²) in [5.74, 6) is -2.16. The van der Waals surface area contributed by atoms with Gasteiger partial charge in [-0.15, -0.1) is 11.3 Å². The number of thiophene rings is 1. The third-order valence-corrected chi connectivity index (χ3v) is 5.33. The zero-order valence-electron chi connectivity index (χ0n) is 13.0. The first kappa shape index (κ1) is 16.6. The Bertz CT molecular complexity index is 732. The molecule has 3 rings (SSSR count). The second-order valence-electron chi connectivity index (χ2n) is 5.90. The van der Waals surface area contributed by atoms with E-state index in [1.165, 1.54) is 12.1 Å². The number of carboxylic acid groups (broad SMARTS) is 1. The first-order chi connectivity index (χ1) is 11.6. The maximum absolute atomic E-state index is 13.6. The molecule has 1 amide bonds. The number of rotatable bonds is 5. The first-order valence-electron chi connectivity index (χ1n) is 7.86. The zero-order valence-corrected chi connectivity index (χ0v) is 13.8. The quantitative estimate of drug-likeness (QED) is 0.901. The normalized spacial score (nSPS) is 21.0. The van der Waals surface area contributed by atoms with Crippen molar-refractivity contribution in [3.05, 3.63) is 58.0 Å². The Morgan fingerprint density at radius 2 is 2.17 bits per heavy atom. The number of amides is 1. The van der Waals surface area contributed by atoms with Crippen LogP contribution in [-0.4, -0.2) is 28.4 Å². The number of hydrogen-bond donors (Lipinski definition) is 1. The summed E-state index contributed by atoms with van der Waals surface area (Å²) in [7, 11) is 0. The standard InChI is InChI=1S/C18H18FNO3S/c19-13-4-1-3-12(11-13)17-15(18(22)23)6-7-16(21)20(17)9-8-14-5-2-10-24-14/h1-5,10-11,15,17H,6-9H2,(H,22,23)/t15-,17-/m0/s1. The van der Waals surface area contributed by atoms with Crippen LogP contribution < -0.4 is 0 Å². The second-order valence-corrected chi connectivity index (χ2v) is 6.93. The monoisotopic (exact) mass is 347 g/mol. The van der Waals surface area contributed by atoms with Crippen LogP contribution in [0, 0.1) is 11.7 Å². The number of carboxylic acids is 1. The summed E-state index contributed by atoms with van der Waals surface area (Å²) >= 11 is 1.61. The van der Waals surface area contributed by atoms with Crippen molar-refractivity contribution in [2.24, 2.45) is 5.92 Å². The van der Waals surface area contributed by atoms with E-state index >= 15 is 0 Å². The Balaban J connectivity index is 1.91. The van der Waals surface area contributed by atoms with Gasteiger partial charge in [0.2, 0.25) is 5.91 Å². The number of aliphatic carboxylic acids is 1. The molecule has 126 valence electrons. The van der Waals surface area contributed by atoms with Crippen LogP contribution in [0.15, 0.2) is 41.8 Å². The fourth-order valence-electron chi connectivity index (χ4n) is 3.26. The molecule has 2 aromatic rings. The number of nitrogens with zero attached hydrogens (tertiary/aromatic N) is 1. The summed E-state index contributed by atoms with van der Waals surface area (Å²) in [6, 6.07) is 9.21. The summed E-state index contributed by atoms with van der Waals surface area (Å²) < 4.78 is 13.6. The molecule has 0 saturated carbocycles. The van der Waals surface area contributed by atoms with Crippen LogP contribution in [0.5, 0.6) is 0 Å². The maximum atomic E-state index is 13.6. The summed E-state index contributed by atoms with van der Waals surface area (Å²) in [5, 5.41) is 11.5. The molecule has 2 atom stereocenters. The van der Waals surface area contributed by atoms with Crippen LogP contribution in [-0.2, 0) is 16.0 Å². The van der Waals surface area contributed by atoms with E-state index in [1.807, 2.05) is 17.5 Å². The Morgan fingerprint density at radius 1 is 1.33 bits per heavy atom. The molecule has 1 aromatic carbocycles. The van der Waals surface area contributed by atoms with Crippen molar-refractivity contribution in [2.75, 3.05) is 6.54 Å². The van der Waals surface area contributed by atoms with Gasteiger partial charge in [0.25, 0.3) is 0 Å². The van der Waals surface area contributed by atoms with Crippen LogP contribution in [0.2, 0.25) is 0 Å². The van der Waals surface area contributed by atoms with Gasteiger partial charge < -0.3 is 10.0 Å². The van der Waals surface area contributed by atoms with Gasteiger partial charge in [0.05, 0.1) is 12.0 Å². The third kappa shape index (κ3) is 3.48. The first-order valence-corrected chi connectivity index (χ1v) is 8.74. The Morgan fingerprint density at radius 3 is 2.83 bits per heavy atom. The van der Waals surface area contributed by atoms with Gasteiger partial charge in [-0.1, -0.05) is 18.2 Å². The average Bonchev–Trinajstić information content (AvgIpc) is 3.06. The van der Waals surface area contributed by atoms with E-state index in [9.17, 15) is 19.1 Å². The fraction of sp³-hybridized carbons (Fsp3) is 0.333. The Kier molecular flexibility index (Phi) is 4.94. The van der Waals surface area contributed by atoms with Gasteiger partial charge >= 0.3 is 5.97 Å². The molecule has 0 unspecified atom stereocenters. The van der Waals surface area contributed by atoms with Crippen LogP contribution in [0.3, 0.4) is 0 Å². The number of likely N-dealkylation sites (tertiary alicyclic amines) is 1. The average molecular weight is 347 g/mol. The number of carbonyl (C=O) groups is 2. The van der Waals surface area contributed by atoms with Crippen LogP contribution in [0.25, 0.3) is 0 Å². The molecule has 6 heteroatoms. The molecule has 1 aromatic heterocycles. The molecule has 0 spiro atoms. The summed E-state index contributed by atoms with van der Waals surface area (Å²) in [6.45, 7) is 0.435. The highest BCUT2D eigenvalue weighted by atomic mass is 32.1. The lowest BCUT2D eigenvalue weighted by molar-refractivity contribution is -0.152. The predicted octanol–water partition coefficient (Wildman–Crippen LogP) is 3.49. The van der Waals surface area contributed by atoms with E-state index in [-0.39, 0.29) is 18.7 Å². The minimum absolute atomic E-state index is 0.0710. The highest BCUT2D eigenvalue weighted by molar-refractivity contribution is 7.09. The van der Waals surface area contributed by atoms with Crippen molar-refractivity contribution in [2.45, 2.75) is 25.3 Å². The molecule has 1 aliphatic rings. The van der Waals surface area contributed by atoms with E-state index in [0.29, 0.717) is 18.5 Å². The smallest absolute Gasteiger partial charge is 0.308 e. The van der Waals surface area contributed by atoms with E-state index in [4.69, 9.17) is 0 Å². The van der Waals surface area contributed by atoms with Crippen molar-refractivity contribution in [1.82, 2.24) is 4.90 Å². The lowest BCUT2D eigenvalue weighted by atomic mass is 9.84. The highest BCUT2D eigenvalue weighted by Crippen LogP contribution is 2.37. The highest BCUT2D eigenvalue weighted by Gasteiger charge is 2.40. The van der Waals surface area contributed by atoms with Crippen molar-refractivity contribution < 1.29 is 19.1 Å². The van der Waals surface area contributed by atoms with E-state index in [1.54, 1.807) is 28.4 Å². The van der Waals surface area contributed by atoms with Gasteiger partial charge in [0.15, 0.2) is 0 Å². The Labute approximate surface area is 143 Å². The van der Waals surface area contributed by atoms with Gasteiger partial charge in [-0.25, -0.2) is 4.39 Å². The number of piperidine rings is 1. The van der Waals surface area contributed by atoms with E-state index < -0.39 is 23.7 Å². The largest absolute Gasteiger partial charge is 0.481 e. The van der Waals surface area contributed by atoms with Crippen LogP contribution in [0.4, 0.5) is 4.39 Å². The molecule has 1 N–H and O–H groups in total. The molecule has 0 bridgehead atoms. The lowest BCUT2D eigenvalue weighted by Crippen LogP contribution is -2.46. The van der Waals surface area contributed by atoms with E-state index in [0.717, 1.165) is 4.88 Å². The molecule has 1 aliphatic heterocycles. The number of benzene rings is 1. The molecule has 2 heterocycles. The molecule has 0 aliphatic carbocycles. The lowest BCUT2D eigenvalue weighted by Gasteiger charge is -2.39. The molecule has 4 nitrogen and oxygen atoms in total. The summed E-state index contributed by atoms with van der Waals surface area (Å²) in [6.07, 6.45) is 1.17. The SMILES string of the molecule is O=C(O)[C@H]1CCC(=O)N(CCc2cccs2)[C@H]1c1cccc(F)c1. The van der Waals surface area contributed by atoms with Crippen molar-refractivity contribution >= 4 is 23.2 Å². The number of carbonyl (C=O) groups excluding carboxylic acids is 1. The third-order valence-electron chi connectivity index (χ3n) is 4.39. The Hall–Kier alpha value is -2.21. The predicted molar refractivity (Wildman–Crippen MR) is 89.2 cm³/mol. The van der Waals surface area contributed by atoms with Gasteiger partial charge in [0, 0.05) is 17.8 Å². The number of halogens is 1. The van der Waals surface area contributed by atoms with Gasteiger partial charge in [-0.3, -0.25) is 9.59 Å². The molecular formula is C18H18FNO3S. The molecule has 1 fully saturated rings.